The van der Waals surface area contributed by atoms with Crippen molar-refractivity contribution in [1.29, 1.82) is 0 Å². The topological polar surface area (TPSA) is 56.2 Å². The molecule has 1 aromatic carbocycles. The van der Waals surface area contributed by atoms with E-state index in [-0.39, 0.29) is 29.5 Å². The van der Waals surface area contributed by atoms with E-state index < -0.39 is 17.4 Å². The van der Waals surface area contributed by atoms with Crippen LogP contribution in [-0.4, -0.2) is 12.3 Å². The summed E-state index contributed by atoms with van der Waals surface area (Å²) in [6, 6.07) is 2.01. The minimum absolute atomic E-state index is 0.0167. The number of furan rings is 1. The third kappa shape index (κ3) is 1.59. The molecule has 3 nitrogen and oxygen atoms in total. The summed E-state index contributed by atoms with van der Waals surface area (Å²) in [6.45, 7) is 0.120. The summed E-state index contributed by atoms with van der Waals surface area (Å²) in [5.41, 5.74) is 4.96. The van der Waals surface area contributed by atoms with Gasteiger partial charge < -0.3 is 10.2 Å². The van der Waals surface area contributed by atoms with Crippen LogP contribution in [0.1, 0.15) is 16.8 Å². The van der Waals surface area contributed by atoms with Crippen LogP contribution < -0.4 is 5.73 Å². The van der Waals surface area contributed by atoms with Crippen LogP contribution in [0.15, 0.2) is 22.8 Å². The predicted octanol–water partition coefficient (Wildman–Crippen LogP) is 2.24. The number of rotatable bonds is 3. The zero-order chi connectivity index (χ0) is 11.7. The molecule has 16 heavy (non-hydrogen) atoms. The summed E-state index contributed by atoms with van der Waals surface area (Å²) in [7, 11) is 0. The van der Waals surface area contributed by atoms with Crippen molar-refractivity contribution in [3.63, 3.8) is 0 Å². The largest absolute Gasteiger partial charge is 0.461 e. The molecule has 0 atom stereocenters. The third-order valence-corrected chi connectivity index (χ3v) is 2.29. The Morgan fingerprint density at radius 3 is 2.81 bits per heavy atom. The number of fused-ring (bicyclic) bond motifs is 1. The van der Waals surface area contributed by atoms with Crippen molar-refractivity contribution in [2.75, 3.05) is 6.54 Å². The molecule has 0 aliphatic heterocycles. The molecule has 0 aliphatic carbocycles. The van der Waals surface area contributed by atoms with E-state index in [0.717, 1.165) is 0 Å². The molecule has 0 amide bonds. The Labute approximate surface area is 89.8 Å². The fourth-order valence-electron chi connectivity index (χ4n) is 1.61. The Balaban J connectivity index is 2.68. The van der Waals surface area contributed by atoms with Gasteiger partial charge in [0.2, 0.25) is 0 Å². The SMILES string of the molecule is NCCC(=O)c1c(F)cc(F)c2occc12. The average Bonchev–Trinajstić information content (AvgIpc) is 2.66. The number of carbonyl (C=O) groups excluding carboxylic acids is 1. The summed E-state index contributed by atoms with van der Waals surface area (Å²) in [5, 5.41) is 0.149. The average molecular weight is 225 g/mol. The van der Waals surface area contributed by atoms with Crippen LogP contribution >= 0.6 is 0 Å². The smallest absolute Gasteiger partial charge is 0.170 e. The Morgan fingerprint density at radius 1 is 1.38 bits per heavy atom. The highest BCUT2D eigenvalue weighted by Gasteiger charge is 2.19. The molecule has 0 radical (unpaired) electrons. The van der Waals surface area contributed by atoms with Gasteiger partial charge in [-0.15, -0.1) is 0 Å². The minimum Gasteiger partial charge on any atom is -0.461 e. The quantitative estimate of drug-likeness (QED) is 0.815. The lowest BCUT2D eigenvalue weighted by Gasteiger charge is -2.03. The summed E-state index contributed by atoms with van der Waals surface area (Å²) < 4.78 is 31.6. The Bertz CT molecular complexity index is 548. The lowest BCUT2D eigenvalue weighted by atomic mass is 10.0. The van der Waals surface area contributed by atoms with Crippen molar-refractivity contribution in [3.8, 4) is 0 Å². The van der Waals surface area contributed by atoms with Crippen LogP contribution in [0, 0.1) is 11.6 Å². The van der Waals surface area contributed by atoms with E-state index in [1.807, 2.05) is 0 Å². The molecular weight excluding hydrogens is 216 g/mol. The molecule has 0 spiro atoms. The normalized spacial score (nSPS) is 10.9. The lowest BCUT2D eigenvalue weighted by molar-refractivity contribution is 0.0983. The van der Waals surface area contributed by atoms with Crippen molar-refractivity contribution in [3.05, 3.63) is 35.6 Å². The first-order valence-corrected chi connectivity index (χ1v) is 4.73. The van der Waals surface area contributed by atoms with Gasteiger partial charge >= 0.3 is 0 Å². The maximum absolute atomic E-state index is 13.5. The van der Waals surface area contributed by atoms with Crippen molar-refractivity contribution >= 4 is 16.8 Å². The van der Waals surface area contributed by atoms with Gasteiger partial charge in [-0.3, -0.25) is 4.79 Å². The predicted molar refractivity (Wildman–Crippen MR) is 54.1 cm³/mol. The highest BCUT2D eigenvalue weighted by atomic mass is 19.1. The van der Waals surface area contributed by atoms with Crippen LogP contribution in [0.5, 0.6) is 0 Å². The second-order valence-electron chi connectivity index (χ2n) is 3.34. The van der Waals surface area contributed by atoms with Crippen LogP contribution in [0.4, 0.5) is 8.78 Å². The van der Waals surface area contributed by atoms with Crippen LogP contribution in [0.3, 0.4) is 0 Å². The van der Waals surface area contributed by atoms with Gasteiger partial charge in [0.05, 0.1) is 11.8 Å². The van der Waals surface area contributed by atoms with Gasteiger partial charge in [0.25, 0.3) is 0 Å². The Morgan fingerprint density at radius 2 is 2.12 bits per heavy atom. The zero-order valence-corrected chi connectivity index (χ0v) is 8.30. The van der Waals surface area contributed by atoms with E-state index in [0.29, 0.717) is 6.07 Å². The third-order valence-electron chi connectivity index (χ3n) is 2.29. The van der Waals surface area contributed by atoms with Gasteiger partial charge in [-0.1, -0.05) is 0 Å². The molecule has 0 aliphatic rings. The molecule has 2 N–H and O–H groups in total. The number of halogens is 2. The number of hydrogen-bond acceptors (Lipinski definition) is 3. The molecule has 2 rings (SSSR count). The number of Topliss-reactive ketones (excluding diaryl/α,β-unsaturated/α-hetero) is 1. The maximum atomic E-state index is 13.5. The van der Waals surface area contributed by atoms with E-state index in [2.05, 4.69) is 0 Å². The van der Waals surface area contributed by atoms with Crippen LogP contribution in [0.2, 0.25) is 0 Å². The molecule has 0 saturated carbocycles. The first-order chi connectivity index (χ1) is 7.65. The number of nitrogens with two attached hydrogens (primary N) is 1. The van der Waals surface area contributed by atoms with E-state index in [1.54, 1.807) is 0 Å². The highest BCUT2D eigenvalue weighted by Crippen LogP contribution is 2.26. The van der Waals surface area contributed by atoms with Gasteiger partial charge in [-0.05, 0) is 12.6 Å². The van der Waals surface area contributed by atoms with Crippen molar-refractivity contribution in [1.82, 2.24) is 0 Å². The van der Waals surface area contributed by atoms with Gasteiger partial charge in [-0.25, -0.2) is 8.78 Å². The Hall–Kier alpha value is -1.75. The molecule has 1 aromatic heterocycles. The number of hydrogen-bond donors (Lipinski definition) is 1. The number of benzene rings is 1. The van der Waals surface area contributed by atoms with Gasteiger partial charge in [0.1, 0.15) is 5.82 Å². The molecular formula is C11H9F2NO2. The monoisotopic (exact) mass is 225 g/mol. The first kappa shape index (κ1) is 10.8. The summed E-state index contributed by atoms with van der Waals surface area (Å²) in [6.07, 6.45) is 1.23. The van der Waals surface area contributed by atoms with Crippen molar-refractivity contribution < 1.29 is 18.0 Å². The first-order valence-electron chi connectivity index (χ1n) is 4.73. The Kier molecular flexibility index (Phi) is 2.70. The molecule has 0 saturated heterocycles. The van der Waals surface area contributed by atoms with Crippen molar-refractivity contribution in [2.24, 2.45) is 5.73 Å². The lowest BCUT2D eigenvalue weighted by Crippen LogP contribution is -2.10. The summed E-state index contributed by atoms with van der Waals surface area (Å²) in [5.74, 6) is -2.15. The standard InChI is InChI=1S/C11H9F2NO2/c12-7-5-8(13)11-6(2-4-16-11)10(7)9(15)1-3-14/h2,4-5H,1,3,14H2. The number of ketones is 1. The fraction of sp³-hybridized carbons (Fsp3) is 0.182. The molecule has 2 aromatic rings. The molecule has 0 fully saturated rings. The summed E-state index contributed by atoms with van der Waals surface area (Å²) >= 11 is 0. The van der Waals surface area contributed by atoms with Crippen molar-refractivity contribution in [2.45, 2.75) is 6.42 Å². The van der Waals surface area contributed by atoms with E-state index in [4.69, 9.17) is 10.2 Å². The fourth-order valence-corrected chi connectivity index (χ4v) is 1.61. The number of carbonyl (C=O) groups is 1. The summed E-state index contributed by atoms with van der Waals surface area (Å²) in [4.78, 5) is 11.6. The molecule has 0 unspecified atom stereocenters. The molecule has 5 heteroatoms. The maximum Gasteiger partial charge on any atom is 0.170 e. The molecule has 84 valence electrons. The van der Waals surface area contributed by atoms with E-state index in [9.17, 15) is 13.6 Å². The highest BCUT2D eigenvalue weighted by molar-refractivity contribution is 6.07. The van der Waals surface area contributed by atoms with Gasteiger partial charge in [0, 0.05) is 17.9 Å². The molecule has 0 bridgehead atoms. The van der Waals surface area contributed by atoms with Gasteiger partial charge in [0.15, 0.2) is 17.2 Å². The van der Waals surface area contributed by atoms with Gasteiger partial charge in [-0.2, -0.15) is 0 Å². The van der Waals surface area contributed by atoms with E-state index in [1.165, 1.54) is 12.3 Å². The minimum atomic E-state index is -0.884. The molecule has 1 heterocycles. The second kappa shape index (κ2) is 4.02. The van der Waals surface area contributed by atoms with Crippen LogP contribution in [-0.2, 0) is 0 Å². The van der Waals surface area contributed by atoms with E-state index >= 15 is 0 Å². The van der Waals surface area contributed by atoms with Crippen LogP contribution in [0.25, 0.3) is 11.0 Å². The zero-order valence-electron chi connectivity index (χ0n) is 8.30. The second-order valence-corrected chi connectivity index (χ2v) is 3.34.